The lowest BCUT2D eigenvalue weighted by Crippen LogP contribution is -2.41. The Morgan fingerprint density at radius 1 is 1.09 bits per heavy atom. The summed E-state index contributed by atoms with van der Waals surface area (Å²) >= 11 is 0. The van der Waals surface area contributed by atoms with Crippen LogP contribution in [0.25, 0.3) is 0 Å². The first-order valence-electron chi connectivity index (χ1n) is 12.1. The number of methoxy groups -OCH3 is 1. The fourth-order valence-electron chi connectivity index (χ4n) is 2.96. The molecule has 0 atom stereocenters. The van der Waals surface area contributed by atoms with Crippen LogP contribution in [-0.4, -0.2) is 51.2 Å². The van der Waals surface area contributed by atoms with Gasteiger partial charge in [0.05, 0.1) is 18.1 Å². The van der Waals surface area contributed by atoms with E-state index in [0.717, 1.165) is 6.42 Å². The van der Waals surface area contributed by atoms with E-state index in [1.54, 1.807) is 36.5 Å². The topological polar surface area (TPSA) is 81.9 Å². The first kappa shape index (κ1) is 33.0. The van der Waals surface area contributed by atoms with Crippen molar-refractivity contribution in [2.45, 2.75) is 105 Å². The molecule has 1 aromatic rings. The molecule has 1 fully saturated rings. The van der Waals surface area contributed by atoms with Gasteiger partial charge >= 0.3 is 0 Å². The summed E-state index contributed by atoms with van der Waals surface area (Å²) in [6.07, 6.45) is 3.54. The van der Waals surface area contributed by atoms with Crippen LogP contribution in [0.15, 0.2) is 23.1 Å². The molecular weight excluding hydrogens is 424 g/mol. The molecule has 190 valence electrons. The van der Waals surface area contributed by atoms with Gasteiger partial charge in [-0.2, -0.15) is 4.31 Å². The zero-order valence-electron chi connectivity index (χ0n) is 22.3. The van der Waals surface area contributed by atoms with Gasteiger partial charge in [0.1, 0.15) is 5.75 Å². The SMILES string of the molecule is CC.CC.CCC.COc1cccc(S(=O)(=O)N2CCC(OCCC(C)(C)N)CC2)c1C. The monoisotopic (exact) mass is 474 g/mol. The number of hydrogen-bond donors (Lipinski definition) is 1. The van der Waals surface area contributed by atoms with Gasteiger partial charge in [0, 0.05) is 30.8 Å². The Hall–Kier alpha value is -1.15. The van der Waals surface area contributed by atoms with Crippen molar-refractivity contribution in [3.05, 3.63) is 23.8 Å². The van der Waals surface area contributed by atoms with Gasteiger partial charge in [-0.3, -0.25) is 0 Å². The summed E-state index contributed by atoms with van der Waals surface area (Å²) in [6.45, 7) is 19.5. The molecule has 0 aliphatic carbocycles. The van der Waals surface area contributed by atoms with E-state index < -0.39 is 10.0 Å². The minimum atomic E-state index is -3.51. The van der Waals surface area contributed by atoms with E-state index in [1.807, 2.05) is 41.5 Å². The minimum Gasteiger partial charge on any atom is -0.496 e. The van der Waals surface area contributed by atoms with Crippen molar-refractivity contribution >= 4 is 10.0 Å². The number of nitrogens with zero attached hydrogens (tertiary/aromatic N) is 1. The summed E-state index contributed by atoms with van der Waals surface area (Å²) in [6, 6.07) is 5.12. The van der Waals surface area contributed by atoms with E-state index in [4.69, 9.17) is 15.2 Å². The molecule has 1 saturated heterocycles. The predicted molar refractivity (Wildman–Crippen MR) is 137 cm³/mol. The highest BCUT2D eigenvalue weighted by Crippen LogP contribution is 2.29. The Balaban J connectivity index is 0. The molecule has 6 nitrogen and oxygen atoms in total. The molecule has 0 radical (unpaired) electrons. The molecule has 0 amide bonds. The van der Waals surface area contributed by atoms with Crippen molar-refractivity contribution in [2.75, 3.05) is 26.8 Å². The average Bonchev–Trinajstić information content (AvgIpc) is 2.76. The summed E-state index contributed by atoms with van der Waals surface area (Å²) in [7, 11) is -1.97. The van der Waals surface area contributed by atoms with Gasteiger partial charge in [-0.25, -0.2) is 8.42 Å². The lowest BCUT2D eigenvalue weighted by molar-refractivity contribution is 0.0144. The van der Waals surface area contributed by atoms with Crippen LogP contribution in [0.5, 0.6) is 5.75 Å². The second kappa shape index (κ2) is 17.3. The van der Waals surface area contributed by atoms with Gasteiger partial charge in [-0.05, 0) is 52.2 Å². The van der Waals surface area contributed by atoms with E-state index in [0.29, 0.717) is 48.7 Å². The lowest BCUT2D eigenvalue weighted by atomic mass is 10.0. The lowest BCUT2D eigenvalue weighted by Gasteiger charge is -2.32. The van der Waals surface area contributed by atoms with Crippen molar-refractivity contribution in [3.63, 3.8) is 0 Å². The molecule has 2 rings (SSSR count). The number of sulfonamides is 1. The number of benzene rings is 1. The molecule has 1 aliphatic rings. The Morgan fingerprint density at radius 2 is 1.59 bits per heavy atom. The number of ether oxygens (including phenoxy) is 2. The van der Waals surface area contributed by atoms with Crippen LogP contribution in [0.1, 0.15) is 86.6 Å². The standard InChI is InChI=1S/C18H30N2O4S.C3H8.2C2H6/c1-14-16(23-4)6-5-7-17(14)25(21,22)20-11-8-15(9-12-20)24-13-10-18(2,3)19;1-3-2;2*1-2/h5-7,15H,8-13,19H2,1-4H3;3H2,1-2H3;2*1-2H3. The Morgan fingerprint density at radius 3 is 2.03 bits per heavy atom. The highest BCUT2D eigenvalue weighted by molar-refractivity contribution is 7.89. The fourth-order valence-corrected chi connectivity index (χ4v) is 4.67. The first-order chi connectivity index (χ1) is 15.1. The molecule has 1 aromatic carbocycles. The molecule has 0 bridgehead atoms. The van der Waals surface area contributed by atoms with E-state index in [9.17, 15) is 8.42 Å². The molecule has 32 heavy (non-hydrogen) atoms. The quantitative estimate of drug-likeness (QED) is 0.542. The van der Waals surface area contributed by atoms with Crippen LogP contribution in [0, 0.1) is 6.92 Å². The van der Waals surface area contributed by atoms with E-state index in [-0.39, 0.29) is 11.6 Å². The van der Waals surface area contributed by atoms with Crippen LogP contribution in [-0.2, 0) is 14.8 Å². The van der Waals surface area contributed by atoms with Gasteiger partial charge in [0.15, 0.2) is 0 Å². The van der Waals surface area contributed by atoms with E-state index >= 15 is 0 Å². The third-order valence-corrected chi connectivity index (χ3v) is 6.62. The molecule has 0 saturated carbocycles. The molecule has 1 heterocycles. The minimum absolute atomic E-state index is 0.0974. The third-order valence-electron chi connectivity index (χ3n) is 4.57. The molecule has 0 aromatic heterocycles. The van der Waals surface area contributed by atoms with Crippen molar-refractivity contribution in [2.24, 2.45) is 5.73 Å². The number of hydrogen-bond acceptors (Lipinski definition) is 5. The van der Waals surface area contributed by atoms with Gasteiger partial charge < -0.3 is 15.2 Å². The normalized spacial score (nSPS) is 14.7. The van der Waals surface area contributed by atoms with Crippen molar-refractivity contribution < 1.29 is 17.9 Å². The number of piperidine rings is 1. The van der Waals surface area contributed by atoms with Gasteiger partial charge in [-0.1, -0.05) is 54.0 Å². The number of nitrogens with two attached hydrogens (primary N) is 1. The zero-order chi connectivity index (χ0) is 25.4. The summed E-state index contributed by atoms with van der Waals surface area (Å²) < 4.78 is 38.5. The van der Waals surface area contributed by atoms with E-state index in [1.165, 1.54) is 6.42 Å². The molecule has 7 heteroatoms. The second-order valence-electron chi connectivity index (χ2n) is 8.00. The number of rotatable bonds is 7. The summed E-state index contributed by atoms with van der Waals surface area (Å²) in [5.74, 6) is 0.587. The van der Waals surface area contributed by atoms with Crippen LogP contribution in [0.4, 0.5) is 0 Å². The fraction of sp³-hybridized carbons (Fsp3) is 0.760. The summed E-state index contributed by atoms with van der Waals surface area (Å²) in [4.78, 5) is 0.316. The van der Waals surface area contributed by atoms with Crippen LogP contribution < -0.4 is 10.5 Å². The van der Waals surface area contributed by atoms with Crippen LogP contribution in [0.2, 0.25) is 0 Å². The van der Waals surface area contributed by atoms with Gasteiger partial charge in [0.25, 0.3) is 0 Å². The maximum absolute atomic E-state index is 12.9. The summed E-state index contributed by atoms with van der Waals surface area (Å²) in [5.41, 5.74) is 6.36. The highest BCUT2D eigenvalue weighted by Gasteiger charge is 2.31. The van der Waals surface area contributed by atoms with Crippen LogP contribution >= 0.6 is 0 Å². The highest BCUT2D eigenvalue weighted by atomic mass is 32.2. The van der Waals surface area contributed by atoms with Crippen molar-refractivity contribution in [1.29, 1.82) is 0 Å². The first-order valence-corrected chi connectivity index (χ1v) is 13.5. The predicted octanol–water partition coefficient (Wildman–Crippen LogP) is 5.77. The largest absolute Gasteiger partial charge is 0.496 e. The van der Waals surface area contributed by atoms with Gasteiger partial charge in [-0.15, -0.1) is 0 Å². The van der Waals surface area contributed by atoms with Gasteiger partial charge in [0.2, 0.25) is 10.0 Å². The third kappa shape index (κ3) is 11.6. The zero-order valence-corrected chi connectivity index (χ0v) is 23.1. The average molecular weight is 475 g/mol. The Bertz CT molecular complexity index is 692. The molecule has 0 spiro atoms. The molecule has 0 unspecified atom stereocenters. The Kier molecular flexibility index (Phi) is 17.9. The molecular formula is C25H50N2O4S. The van der Waals surface area contributed by atoms with E-state index in [2.05, 4.69) is 13.8 Å². The summed E-state index contributed by atoms with van der Waals surface area (Å²) in [5, 5.41) is 0. The van der Waals surface area contributed by atoms with Crippen LogP contribution in [0.3, 0.4) is 0 Å². The maximum Gasteiger partial charge on any atom is 0.243 e. The van der Waals surface area contributed by atoms with Crippen molar-refractivity contribution in [3.8, 4) is 5.75 Å². The molecule has 1 aliphatic heterocycles. The molecule has 2 N–H and O–H groups in total. The maximum atomic E-state index is 12.9. The smallest absolute Gasteiger partial charge is 0.243 e. The Labute approximate surface area is 198 Å². The van der Waals surface area contributed by atoms with Crippen molar-refractivity contribution in [1.82, 2.24) is 4.31 Å². The second-order valence-corrected chi connectivity index (χ2v) is 9.91.